The molecule has 0 bridgehead atoms. The first-order chi connectivity index (χ1) is 9.58. The van der Waals surface area contributed by atoms with Crippen molar-refractivity contribution in [1.29, 1.82) is 0 Å². The van der Waals surface area contributed by atoms with Gasteiger partial charge in [-0.1, -0.05) is 31.4 Å². The predicted molar refractivity (Wildman–Crippen MR) is 80.6 cm³/mol. The van der Waals surface area contributed by atoms with E-state index >= 15 is 0 Å². The highest BCUT2D eigenvalue weighted by Gasteiger charge is 2.29. The standard InChI is InChI=1S/C16H23ClO3/c1-10-4-6-11(7-5-10)15(18)12-8-9-13(19-2)14(17)16(12)20-3/h8-11,15,18H,4-7H2,1-3H3. The third-order valence-electron chi connectivity index (χ3n) is 4.34. The van der Waals surface area contributed by atoms with Crippen molar-refractivity contribution >= 4 is 11.6 Å². The number of ether oxygens (including phenoxy) is 2. The van der Waals surface area contributed by atoms with Crippen molar-refractivity contribution in [3.63, 3.8) is 0 Å². The lowest BCUT2D eigenvalue weighted by Gasteiger charge is -2.31. The van der Waals surface area contributed by atoms with Gasteiger partial charge in [0.1, 0.15) is 16.5 Å². The summed E-state index contributed by atoms with van der Waals surface area (Å²) in [6.07, 6.45) is 3.92. The highest BCUT2D eigenvalue weighted by Crippen LogP contribution is 2.44. The summed E-state index contributed by atoms with van der Waals surface area (Å²) in [6, 6.07) is 3.64. The van der Waals surface area contributed by atoms with Crippen molar-refractivity contribution < 1.29 is 14.6 Å². The highest BCUT2D eigenvalue weighted by molar-refractivity contribution is 6.33. The molecule has 1 unspecified atom stereocenters. The highest BCUT2D eigenvalue weighted by atomic mass is 35.5. The Balaban J connectivity index is 2.25. The van der Waals surface area contributed by atoms with Crippen LogP contribution < -0.4 is 9.47 Å². The molecule has 1 atom stereocenters. The molecule has 1 aliphatic carbocycles. The second kappa shape index (κ2) is 6.68. The molecule has 2 rings (SSSR count). The van der Waals surface area contributed by atoms with Crippen molar-refractivity contribution in [2.45, 2.75) is 38.7 Å². The van der Waals surface area contributed by atoms with E-state index in [1.54, 1.807) is 20.3 Å². The number of hydrogen-bond acceptors (Lipinski definition) is 3. The number of benzene rings is 1. The minimum absolute atomic E-state index is 0.282. The van der Waals surface area contributed by atoms with Gasteiger partial charge in [-0.2, -0.15) is 0 Å². The van der Waals surface area contributed by atoms with Crippen LogP contribution in [0.25, 0.3) is 0 Å². The Hall–Kier alpha value is -0.930. The lowest BCUT2D eigenvalue weighted by Crippen LogP contribution is -2.19. The molecule has 0 aromatic heterocycles. The summed E-state index contributed by atoms with van der Waals surface area (Å²) in [5.41, 5.74) is 0.762. The van der Waals surface area contributed by atoms with Crippen molar-refractivity contribution in [3.05, 3.63) is 22.7 Å². The number of halogens is 1. The van der Waals surface area contributed by atoms with Crippen LogP contribution in [-0.4, -0.2) is 19.3 Å². The molecule has 0 spiro atoms. The zero-order chi connectivity index (χ0) is 14.7. The smallest absolute Gasteiger partial charge is 0.147 e. The van der Waals surface area contributed by atoms with E-state index in [0.717, 1.165) is 24.3 Å². The number of aliphatic hydroxyl groups is 1. The van der Waals surface area contributed by atoms with E-state index in [4.69, 9.17) is 21.1 Å². The van der Waals surface area contributed by atoms with Crippen LogP contribution in [0.3, 0.4) is 0 Å². The van der Waals surface area contributed by atoms with Crippen LogP contribution in [0, 0.1) is 11.8 Å². The van der Waals surface area contributed by atoms with Crippen LogP contribution in [0.15, 0.2) is 12.1 Å². The maximum absolute atomic E-state index is 10.7. The molecule has 0 saturated heterocycles. The lowest BCUT2D eigenvalue weighted by atomic mass is 9.78. The second-order valence-corrected chi connectivity index (χ2v) is 6.05. The fraction of sp³-hybridized carbons (Fsp3) is 0.625. The Morgan fingerprint density at radius 2 is 1.80 bits per heavy atom. The van der Waals surface area contributed by atoms with E-state index in [-0.39, 0.29) is 5.92 Å². The summed E-state index contributed by atoms with van der Waals surface area (Å²) >= 11 is 6.26. The first kappa shape index (κ1) is 15.5. The second-order valence-electron chi connectivity index (χ2n) is 5.67. The third-order valence-corrected chi connectivity index (χ3v) is 4.70. The van der Waals surface area contributed by atoms with Crippen LogP contribution in [0.5, 0.6) is 11.5 Å². The number of hydrogen-bond donors (Lipinski definition) is 1. The molecular formula is C16H23ClO3. The van der Waals surface area contributed by atoms with Crippen molar-refractivity contribution in [2.75, 3.05) is 14.2 Å². The van der Waals surface area contributed by atoms with Gasteiger partial charge >= 0.3 is 0 Å². The van der Waals surface area contributed by atoms with Gasteiger partial charge in [0.2, 0.25) is 0 Å². The predicted octanol–water partition coefficient (Wildman–Crippen LogP) is 4.22. The molecule has 1 aliphatic rings. The molecule has 0 amide bonds. The summed E-state index contributed by atoms with van der Waals surface area (Å²) in [5, 5.41) is 11.1. The van der Waals surface area contributed by atoms with Crippen LogP contribution in [0.1, 0.15) is 44.3 Å². The van der Waals surface area contributed by atoms with Gasteiger partial charge < -0.3 is 14.6 Å². The molecule has 112 valence electrons. The van der Waals surface area contributed by atoms with Crippen molar-refractivity contribution in [1.82, 2.24) is 0 Å². The lowest BCUT2D eigenvalue weighted by molar-refractivity contribution is 0.0734. The number of methoxy groups -OCH3 is 2. The maximum atomic E-state index is 10.7. The molecule has 0 aliphatic heterocycles. The molecule has 1 aromatic rings. The van der Waals surface area contributed by atoms with E-state index in [2.05, 4.69) is 6.92 Å². The molecule has 1 fully saturated rings. The summed E-state index contributed by atoms with van der Waals surface area (Å²) < 4.78 is 10.6. The average molecular weight is 299 g/mol. The molecule has 1 saturated carbocycles. The summed E-state index contributed by atoms with van der Waals surface area (Å²) in [6.45, 7) is 2.27. The molecule has 3 nitrogen and oxygen atoms in total. The number of aliphatic hydroxyl groups excluding tert-OH is 1. The Labute approximate surface area is 125 Å². The zero-order valence-corrected chi connectivity index (χ0v) is 13.1. The molecule has 0 heterocycles. The monoisotopic (exact) mass is 298 g/mol. The van der Waals surface area contributed by atoms with Crippen LogP contribution in [0.2, 0.25) is 5.02 Å². The molecule has 1 aromatic carbocycles. The minimum atomic E-state index is -0.527. The van der Waals surface area contributed by atoms with Gasteiger partial charge in [0, 0.05) is 5.56 Å². The topological polar surface area (TPSA) is 38.7 Å². The maximum Gasteiger partial charge on any atom is 0.147 e. The van der Waals surface area contributed by atoms with Gasteiger partial charge in [0.05, 0.1) is 20.3 Å². The summed E-state index contributed by atoms with van der Waals surface area (Å²) in [7, 11) is 3.14. The van der Waals surface area contributed by atoms with E-state index in [9.17, 15) is 5.11 Å². The first-order valence-corrected chi connectivity index (χ1v) is 7.54. The SMILES string of the molecule is COc1ccc(C(O)C2CCC(C)CC2)c(OC)c1Cl. The Morgan fingerprint density at radius 1 is 1.15 bits per heavy atom. The molecule has 4 heteroatoms. The van der Waals surface area contributed by atoms with E-state index in [1.807, 2.05) is 6.07 Å². The molecular weight excluding hydrogens is 276 g/mol. The van der Waals surface area contributed by atoms with E-state index in [0.29, 0.717) is 16.5 Å². The fourth-order valence-corrected chi connectivity index (χ4v) is 3.33. The number of rotatable bonds is 4. The van der Waals surface area contributed by atoms with Gasteiger partial charge in [-0.15, -0.1) is 0 Å². The van der Waals surface area contributed by atoms with Crippen LogP contribution in [-0.2, 0) is 0 Å². The van der Waals surface area contributed by atoms with Gasteiger partial charge in [0.25, 0.3) is 0 Å². The van der Waals surface area contributed by atoms with Crippen LogP contribution >= 0.6 is 11.6 Å². The van der Waals surface area contributed by atoms with Gasteiger partial charge in [-0.05, 0) is 36.8 Å². The van der Waals surface area contributed by atoms with Crippen molar-refractivity contribution in [3.8, 4) is 11.5 Å². The van der Waals surface area contributed by atoms with E-state index in [1.165, 1.54) is 12.8 Å². The quantitative estimate of drug-likeness (QED) is 0.904. The molecule has 0 radical (unpaired) electrons. The molecule has 1 N–H and O–H groups in total. The van der Waals surface area contributed by atoms with Gasteiger partial charge in [-0.25, -0.2) is 0 Å². The third kappa shape index (κ3) is 3.04. The van der Waals surface area contributed by atoms with Crippen LogP contribution in [0.4, 0.5) is 0 Å². The first-order valence-electron chi connectivity index (χ1n) is 7.16. The Kier molecular flexibility index (Phi) is 5.17. The van der Waals surface area contributed by atoms with Gasteiger partial charge in [0.15, 0.2) is 0 Å². The Bertz CT molecular complexity index is 453. The normalized spacial score (nSPS) is 24.2. The fourth-order valence-electron chi connectivity index (χ4n) is 3.01. The largest absolute Gasteiger partial charge is 0.495 e. The van der Waals surface area contributed by atoms with Crippen molar-refractivity contribution in [2.24, 2.45) is 11.8 Å². The van der Waals surface area contributed by atoms with E-state index < -0.39 is 6.10 Å². The summed E-state index contributed by atoms with van der Waals surface area (Å²) in [4.78, 5) is 0. The zero-order valence-electron chi connectivity index (χ0n) is 12.4. The summed E-state index contributed by atoms with van der Waals surface area (Å²) in [5.74, 6) is 2.14. The minimum Gasteiger partial charge on any atom is -0.495 e. The average Bonchev–Trinajstić information content (AvgIpc) is 2.47. The van der Waals surface area contributed by atoms with Gasteiger partial charge in [-0.3, -0.25) is 0 Å². The Morgan fingerprint density at radius 3 is 2.35 bits per heavy atom. The molecule has 20 heavy (non-hydrogen) atoms.